The van der Waals surface area contributed by atoms with E-state index in [2.05, 4.69) is 10.0 Å². The number of nitrogens with one attached hydrogen (secondary N) is 2. The largest absolute Gasteiger partial charge is 0.381 e. The zero-order valence-corrected chi connectivity index (χ0v) is 13.4. The van der Waals surface area contributed by atoms with Crippen LogP contribution in [-0.2, 0) is 14.8 Å². The Hall–Kier alpha value is -1.11. The molecule has 21 heavy (non-hydrogen) atoms. The van der Waals surface area contributed by atoms with Gasteiger partial charge in [-0.3, -0.25) is 0 Å². The molecule has 1 saturated carbocycles. The van der Waals surface area contributed by atoms with Crippen LogP contribution in [0.1, 0.15) is 32.6 Å². The molecule has 0 heterocycles. The standard InChI is InChI=1S/C15H24N2O3S/c1-3-10-16-21(18,19)15-7-5-4-6-14(15)17-12-8-9-13(11-12)20-2/h4-7,12-13,16-17H,3,8-11H2,1-2H3. The first-order chi connectivity index (χ1) is 10.1. The molecule has 1 aliphatic carbocycles. The van der Waals surface area contributed by atoms with Crippen molar-refractivity contribution >= 4 is 15.7 Å². The smallest absolute Gasteiger partial charge is 0.242 e. The summed E-state index contributed by atoms with van der Waals surface area (Å²) in [6.45, 7) is 2.39. The Bertz CT molecular complexity index is 560. The van der Waals surface area contributed by atoms with E-state index in [-0.39, 0.29) is 12.1 Å². The fourth-order valence-electron chi connectivity index (χ4n) is 2.64. The highest BCUT2D eigenvalue weighted by molar-refractivity contribution is 7.89. The van der Waals surface area contributed by atoms with Crippen LogP contribution in [0.3, 0.4) is 0 Å². The lowest BCUT2D eigenvalue weighted by Gasteiger charge is -2.17. The van der Waals surface area contributed by atoms with Gasteiger partial charge in [-0.05, 0) is 37.8 Å². The van der Waals surface area contributed by atoms with Crippen molar-refractivity contribution in [2.75, 3.05) is 19.0 Å². The quantitative estimate of drug-likeness (QED) is 0.811. The van der Waals surface area contributed by atoms with Crippen LogP contribution in [0.2, 0.25) is 0 Å². The monoisotopic (exact) mass is 312 g/mol. The number of benzene rings is 1. The molecule has 118 valence electrons. The van der Waals surface area contributed by atoms with Gasteiger partial charge >= 0.3 is 0 Å². The van der Waals surface area contributed by atoms with E-state index < -0.39 is 10.0 Å². The Kier molecular flexibility index (Phi) is 5.61. The van der Waals surface area contributed by atoms with Crippen molar-refractivity contribution in [1.82, 2.24) is 4.72 Å². The van der Waals surface area contributed by atoms with Crippen molar-refractivity contribution in [1.29, 1.82) is 0 Å². The molecule has 2 atom stereocenters. The number of sulfonamides is 1. The van der Waals surface area contributed by atoms with Gasteiger partial charge < -0.3 is 10.1 Å². The molecular weight excluding hydrogens is 288 g/mol. The van der Waals surface area contributed by atoms with Crippen molar-refractivity contribution in [3.05, 3.63) is 24.3 Å². The molecule has 2 unspecified atom stereocenters. The normalized spacial score (nSPS) is 22.4. The van der Waals surface area contributed by atoms with Crippen LogP contribution >= 0.6 is 0 Å². The van der Waals surface area contributed by atoms with Crippen LogP contribution in [-0.4, -0.2) is 34.2 Å². The highest BCUT2D eigenvalue weighted by atomic mass is 32.2. The topological polar surface area (TPSA) is 67.4 Å². The molecule has 1 aromatic carbocycles. The molecule has 0 amide bonds. The van der Waals surface area contributed by atoms with Crippen molar-refractivity contribution in [2.45, 2.75) is 49.6 Å². The summed E-state index contributed by atoms with van der Waals surface area (Å²) in [4.78, 5) is 0.319. The molecule has 0 spiro atoms. The van der Waals surface area contributed by atoms with Gasteiger partial charge in [-0.15, -0.1) is 0 Å². The van der Waals surface area contributed by atoms with Crippen molar-refractivity contribution in [3.8, 4) is 0 Å². The summed E-state index contributed by atoms with van der Waals surface area (Å²) in [5, 5.41) is 3.36. The predicted octanol–water partition coefficient (Wildman–Crippen LogP) is 2.35. The van der Waals surface area contributed by atoms with Gasteiger partial charge in [-0.25, -0.2) is 13.1 Å². The van der Waals surface area contributed by atoms with Gasteiger partial charge in [0.2, 0.25) is 10.0 Å². The molecule has 0 bridgehead atoms. The predicted molar refractivity (Wildman–Crippen MR) is 84.0 cm³/mol. The molecule has 0 saturated heterocycles. The van der Waals surface area contributed by atoms with E-state index in [9.17, 15) is 8.42 Å². The lowest BCUT2D eigenvalue weighted by molar-refractivity contribution is 0.108. The summed E-state index contributed by atoms with van der Waals surface area (Å²) in [5.74, 6) is 0. The van der Waals surface area contributed by atoms with E-state index in [0.29, 0.717) is 17.1 Å². The van der Waals surface area contributed by atoms with E-state index in [1.165, 1.54) is 0 Å². The maximum absolute atomic E-state index is 12.3. The van der Waals surface area contributed by atoms with Crippen LogP contribution < -0.4 is 10.0 Å². The van der Waals surface area contributed by atoms with Crippen LogP contribution in [0, 0.1) is 0 Å². The van der Waals surface area contributed by atoms with Gasteiger partial charge in [-0.2, -0.15) is 0 Å². The van der Waals surface area contributed by atoms with Gasteiger partial charge in [0.25, 0.3) is 0 Å². The summed E-state index contributed by atoms with van der Waals surface area (Å²) in [6, 6.07) is 7.32. The molecule has 1 aliphatic rings. The number of para-hydroxylation sites is 1. The zero-order chi connectivity index (χ0) is 15.3. The minimum absolute atomic E-state index is 0.262. The van der Waals surface area contributed by atoms with Crippen LogP contribution in [0.25, 0.3) is 0 Å². The average molecular weight is 312 g/mol. The molecule has 1 fully saturated rings. The lowest BCUT2D eigenvalue weighted by Crippen LogP contribution is -2.26. The fourth-order valence-corrected chi connectivity index (χ4v) is 3.94. The minimum Gasteiger partial charge on any atom is -0.381 e. The molecule has 0 aliphatic heterocycles. The van der Waals surface area contributed by atoms with E-state index in [1.54, 1.807) is 19.2 Å². The summed E-state index contributed by atoms with van der Waals surface area (Å²) < 4.78 is 32.6. The molecule has 6 heteroatoms. The lowest BCUT2D eigenvalue weighted by atomic mass is 10.2. The zero-order valence-electron chi connectivity index (χ0n) is 12.6. The number of hydrogen-bond acceptors (Lipinski definition) is 4. The third-order valence-corrected chi connectivity index (χ3v) is 5.32. The van der Waals surface area contributed by atoms with Gasteiger partial charge in [0.05, 0.1) is 11.8 Å². The highest BCUT2D eigenvalue weighted by Crippen LogP contribution is 2.28. The van der Waals surface area contributed by atoms with Crippen LogP contribution in [0.15, 0.2) is 29.2 Å². The van der Waals surface area contributed by atoms with Crippen LogP contribution in [0.5, 0.6) is 0 Å². The first-order valence-electron chi connectivity index (χ1n) is 7.45. The van der Waals surface area contributed by atoms with Crippen LogP contribution in [0.4, 0.5) is 5.69 Å². The molecule has 1 aromatic rings. The fraction of sp³-hybridized carbons (Fsp3) is 0.600. The molecular formula is C15H24N2O3S. The molecule has 2 rings (SSSR count). The second-order valence-corrected chi connectivity index (χ2v) is 7.14. The molecule has 0 aromatic heterocycles. The van der Waals surface area contributed by atoms with Gasteiger partial charge in [-0.1, -0.05) is 19.1 Å². The number of rotatable bonds is 7. The molecule has 0 radical (unpaired) electrons. The summed E-state index contributed by atoms with van der Waals surface area (Å²) in [7, 11) is -1.74. The minimum atomic E-state index is -3.46. The summed E-state index contributed by atoms with van der Waals surface area (Å²) >= 11 is 0. The number of ether oxygens (including phenoxy) is 1. The van der Waals surface area contributed by atoms with Gasteiger partial charge in [0.1, 0.15) is 4.90 Å². The first kappa shape index (κ1) is 16.3. The maximum Gasteiger partial charge on any atom is 0.242 e. The van der Waals surface area contributed by atoms with E-state index in [1.807, 2.05) is 19.1 Å². The SMILES string of the molecule is CCCNS(=O)(=O)c1ccccc1NC1CCC(OC)C1. The Balaban J connectivity index is 2.14. The van der Waals surface area contributed by atoms with E-state index in [0.717, 1.165) is 25.7 Å². The summed E-state index contributed by atoms with van der Waals surface area (Å²) in [5.41, 5.74) is 0.669. The Labute approximate surface area is 127 Å². The third-order valence-electron chi connectivity index (χ3n) is 3.80. The number of methoxy groups -OCH3 is 1. The van der Waals surface area contributed by atoms with E-state index in [4.69, 9.17) is 4.74 Å². The second kappa shape index (κ2) is 7.24. The second-order valence-electron chi connectivity index (χ2n) is 5.41. The van der Waals surface area contributed by atoms with Gasteiger partial charge in [0, 0.05) is 19.7 Å². The summed E-state index contributed by atoms with van der Waals surface area (Å²) in [6.07, 6.45) is 3.96. The number of hydrogen-bond donors (Lipinski definition) is 2. The van der Waals surface area contributed by atoms with Gasteiger partial charge in [0.15, 0.2) is 0 Å². The average Bonchev–Trinajstić information content (AvgIpc) is 2.93. The third kappa shape index (κ3) is 4.18. The maximum atomic E-state index is 12.3. The Morgan fingerprint density at radius 3 is 2.71 bits per heavy atom. The molecule has 2 N–H and O–H groups in total. The number of anilines is 1. The molecule has 5 nitrogen and oxygen atoms in total. The Morgan fingerprint density at radius 1 is 1.29 bits per heavy atom. The van der Waals surface area contributed by atoms with Crippen molar-refractivity contribution in [3.63, 3.8) is 0 Å². The highest BCUT2D eigenvalue weighted by Gasteiger charge is 2.26. The first-order valence-corrected chi connectivity index (χ1v) is 8.93. The van der Waals surface area contributed by atoms with E-state index >= 15 is 0 Å². The van der Waals surface area contributed by atoms with Crippen molar-refractivity contribution < 1.29 is 13.2 Å². The Morgan fingerprint density at radius 2 is 2.05 bits per heavy atom. The van der Waals surface area contributed by atoms with Crippen molar-refractivity contribution in [2.24, 2.45) is 0 Å².